The largest absolute Gasteiger partial charge is 0.508 e. The molecule has 1 aromatic carbocycles. The summed E-state index contributed by atoms with van der Waals surface area (Å²) in [6.45, 7) is 1.83. The van der Waals surface area contributed by atoms with E-state index in [0.29, 0.717) is 11.5 Å². The lowest BCUT2D eigenvalue weighted by Gasteiger charge is -2.06. The van der Waals surface area contributed by atoms with E-state index in [1.54, 1.807) is 24.3 Å². The van der Waals surface area contributed by atoms with Crippen molar-refractivity contribution in [3.8, 4) is 22.8 Å². The monoisotopic (exact) mass is 232 g/mol. The van der Waals surface area contributed by atoms with E-state index < -0.39 is 5.63 Å². The highest BCUT2D eigenvalue weighted by molar-refractivity contribution is 5.64. The summed E-state index contributed by atoms with van der Waals surface area (Å²) in [7, 11) is 1.49. The first-order chi connectivity index (χ1) is 8.10. The Morgan fingerprint density at radius 1 is 1.24 bits per heavy atom. The van der Waals surface area contributed by atoms with Crippen LogP contribution in [0.4, 0.5) is 0 Å². The second-order valence-corrected chi connectivity index (χ2v) is 3.68. The molecule has 0 radical (unpaired) electrons. The maximum atomic E-state index is 11.3. The molecule has 0 amide bonds. The number of hydrogen-bond donors (Lipinski definition) is 1. The van der Waals surface area contributed by atoms with Crippen LogP contribution in [-0.4, -0.2) is 12.2 Å². The third-order valence-corrected chi connectivity index (χ3v) is 2.46. The number of phenols is 1. The van der Waals surface area contributed by atoms with Crippen LogP contribution >= 0.6 is 0 Å². The predicted molar refractivity (Wildman–Crippen MR) is 63.4 cm³/mol. The van der Waals surface area contributed by atoms with E-state index in [0.717, 1.165) is 11.1 Å². The van der Waals surface area contributed by atoms with Crippen LogP contribution in [0, 0.1) is 6.92 Å². The van der Waals surface area contributed by atoms with Gasteiger partial charge in [0.15, 0.2) is 0 Å². The van der Waals surface area contributed by atoms with Gasteiger partial charge in [-0.3, -0.25) is 0 Å². The summed E-state index contributed by atoms with van der Waals surface area (Å²) in [6, 6.07) is 7.76. The summed E-state index contributed by atoms with van der Waals surface area (Å²) in [4.78, 5) is 11.3. The van der Waals surface area contributed by atoms with Gasteiger partial charge in [-0.1, -0.05) is 0 Å². The van der Waals surface area contributed by atoms with Crippen molar-refractivity contribution in [2.24, 2.45) is 0 Å². The molecular formula is C13H12O4. The van der Waals surface area contributed by atoms with E-state index in [9.17, 15) is 9.90 Å². The molecule has 0 saturated carbocycles. The molecule has 0 fully saturated rings. The van der Waals surface area contributed by atoms with E-state index in [-0.39, 0.29) is 5.75 Å². The fourth-order valence-corrected chi connectivity index (χ4v) is 1.63. The van der Waals surface area contributed by atoms with Crippen LogP contribution < -0.4 is 10.4 Å². The molecule has 4 nitrogen and oxygen atoms in total. The van der Waals surface area contributed by atoms with Gasteiger partial charge < -0.3 is 14.3 Å². The minimum Gasteiger partial charge on any atom is -0.508 e. The molecule has 0 atom stereocenters. The second kappa shape index (κ2) is 4.33. The van der Waals surface area contributed by atoms with Gasteiger partial charge in [0.1, 0.15) is 17.3 Å². The number of aromatic hydroxyl groups is 1. The molecule has 1 N–H and O–H groups in total. The number of methoxy groups -OCH3 is 1. The van der Waals surface area contributed by atoms with Crippen LogP contribution in [0.15, 0.2) is 39.5 Å². The zero-order valence-corrected chi connectivity index (χ0v) is 9.56. The van der Waals surface area contributed by atoms with Gasteiger partial charge in [-0.2, -0.15) is 0 Å². The molecule has 0 aliphatic heterocycles. The molecule has 0 aliphatic rings. The number of ether oxygens (including phenoxy) is 1. The fraction of sp³-hybridized carbons (Fsp3) is 0.154. The molecule has 0 unspecified atom stereocenters. The number of benzene rings is 1. The first-order valence-electron chi connectivity index (χ1n) is 5.09. The average molecular weight is 232 g/mol. The molecule has 0 spiro atoms. The quantitative estimate of drug-likeness (QED) is 0.863. The normalized spacial score (nSPS) is 10.2. The van der Waals surface area contributed by atoms with Crippen LogP contribution in [0.2, 0.25) is 0 Å². The standard InChI is InChI=1S/C13H12O4/c1-8-5-9(14)3-4-11(8)12-6-10(16-2)7-13(15)17-12/h3-7,14H,1-2H3. The number of aryl methyl sites for hydroxylation is 1. The molecule has 2 rings (SSSR count). The smallest absolute Gasteiger partial charge is 0.339 e. The molecular weight excluding hydrogens is 220 g/mol. The average Bonchev–Trinajstić information content (AvgIpc) is 2.28. The van der Waals surface area contributed by atoms with E-state index in [1.807, 2.05) is 6.92 Å². The van der Waals surface area contributed by atoms with Crippen LogP contribution in [0.1, 0.15) is 5.56 Å². The van der Waals surface area contributed by atoms with Gasteiger partial charge in [-0.25, -0.2) is 4.79 Å². The maximum Gasteiger partial charge on any atom is 0.339 e. The van der Waals surface area contributed by atoms with Gasteiger partial charge in [-0.05, 0) is 30.7 Å². The van der Waals surface area contributed by atoms with E-state index in [4.69, 9.17) is 9.15 Å². The van der Waals surface area contributed by atoms with Crippen LogP contribution in [0.5, 0.6) is 11.5 Å². The van der Waals surface area contributed by atoms with Crippen molar-refractivity contribution < 1.29 is 14.3 Å². The third-order valence-electron chi connectivity index (χ3n) is 2.46. The lowest BCUT2D eigenvalue weighted by atomic mass is 10.1. The Labute approximate surface area is 98.1 Å². The summed E-state index contributed by atoms with van der Waals surface area (Å²) < 4.78 is 10.1. The Bertz CT molecular complexity index is 599. The molecule has 17 heavy (non-hydrogen) atoms. The van der Waals surface area contributed by atoms with Gasteiger partial charge in [0, 0.05) is 11.6 Å². The number of hydrogen-bond acceptors (Lipinski definition) is 4. The summed E-state index contributed by atoms with van der Waals surface area (Å²) in [5.74, 6) is 1.05. The lowest BCUT2D eigenvalue weighted by molar-refractivity contribution is 0.404. The Kier molecular flexibility index (Phi) is 2.87. The van der Waals surface area contributed by atoms with Gasteiger partial charge in [0.2, 0.25) is 0 Å². The highest BCUT2D eigenvalue weighted by Crippen LogP contribution is 2.27. The lowest BCUT2D eigenvalue weighted by Crippen LogP contribution is -1.99. The fourth-order valence-electron chi connectivity index (χ4n) is 1.63. The topological polar surface area (TPSA) is 59.7 Å². The summed E-state index contributed by atoms with van der Waals surface area (Å²) in [5, 5.41) is 9.32. The van der Waals surface area contributed by atoms with Crippen LogP contribution in [-0.2, 0) is 0 Å². The van der Waals surface area contributed by atoms with Crippen molar-refractivity contribution in [1.29, 1.82) is 0 Å². The van der Waals surface area contributed by atoms with Crippen LogP contribution in [0.25, 0.3) is 11.3 Å². The maximum absolute atomic E-state index is 11.3. The SMILES string of the molecule is COc1cc(-c2ccc(O)cc2C)oc(=O)c1. The second-order valence-electron chi connectivity index (χ2n) is 3.68. The zero-order chi connectivity index (χ0) is 12.4. The zero-order valence-electron chi connectivity index (χ0n) is 9.56. The number of rotatable bonds is 2. The van der Waals surface area contributed by atoms with E-state index in [1.165, 1.54) is 13.2 Å². The minimum absolute atomic E-state index is 0.177. The summed E-state index contributed by atoms with van der Waals surface area (Å²) >= 11 is 0. The van der Waals surface area contributed by atoms with Crippen molar-refractivity contribution in [2.75, 3.05) is 7.11 Å². The van der Waals surface area contributed by atoms with Crippen molar-refractivity contribution >= 4 is 0 Å². The first-order valence-corrected chi connectivity index (χ1v) is 5.09. The Balaban J connectivity index is 2.60. The summed E-state index contributed by atoms with van der Waals surface area (Å²) in [5.41, 5.74) is 1.10. The number of phenolic OH excluding ortho intramolecular Hbond substituents is 1. The molecule has 1 aromatic heterocycles. The van der Waals surface area contributed by atoms with Crippen LogP contribution in [0.3, 0.4) is 0 Å². The molecule has 1 heterocycles. The highest BCUT2D eigenvalue weighted by atomic mass is 16.5. The molecule has 0 saturated heterocycles. The van der Waals surface area contributed by atoms with E-state index >= 15 is 0 Å². The van der Waals surface area contributed by atoms with Gasteiger partial charge in [0.25, 0.3) is 0 Å². The first kappa shape index (κ1) is 11.3. The minimum atomic E-state index is -0.466. The van der Waals surface area contributed by atoms with Crippen molar-refractivity contribution in [3.05, 3.63) is 46.3 Å². The van der Waals surface area contributed by atoms with Crippen molar-refractivity contribution in [3.63, 3.8) is 0 Å². The Morgan fingerprint density at radius 2 is 2.00 bits per heavy atom. The highest BCUT2D eigenvalue weighted by Gasteiger charge is 2.08. The molecule has 4 heteroatoms. The predicted octanol–water partition coefficient (Wildman–Crippen LogP) is 2.33. The van der Waals surface area contributed by atoms with Crippen molar-refractivity contribution in [2.45, 2.75) is 6.92 Å². The Hall–Kier alpha value is -2.23. The van der Waals surface area contributed by atoms with Gasteiger partial charge in [0.05, 0.1) is 13.2 Å². The molecule has 2 aromatic rings. The van der Waals surface area contributed by atoms with Gasteiger partial charge >= 0.3 is 5.63 Å². The third kappa shape index (κ3) is 2.30. The summed E-state index contributed by atoms with van der Waals surface area (Å²) in [6.07, 6.45) is 0. The van der Waals surface area contributed by atoms with Gasteiger partial charge in [-0.15, -0.1) is 0 Å². The van der Waals surface area contributed by atoms with E-state index in [2.05, 4.69) is 0 Å². The molecule has 0 bridgehead atoms. The Morgan fingerprint density at radius 3 is 2.65 bits per heavy atom. The molecule has 0 aliphatic carbocycles. The van der Waals surface area contributed by atoms with Crippen molar-refractivity contribution in [1.82, 2.24) is 0 Å². The molecule has 88 valence electrons.